The smallest absolute Gasteiger partial charge is 0.239 e. The quantitative estimate of drug-likeness (QED) is 0.853. The number of benzene rings is 1. The van der Waals surface area contributed by atoms with Gasteiger partial charge in [-0.3, -0.25) is 4.79 Å². The van der Waals surface area contributed by atoms with Gasteiger partial charge in [-0.25, -0.2) is 8.42 Å². The Morgan fingerprint density at radius 1 is 1.42 bits per heavy atom. The molecule has 2 rings (SSSR count). The van der Waals surface area contributed by atoms with Crippen molar-refractivity contribution < 1.29 is 13.2 Å². The summed E-state index contributed by atoms with van der Waals surface area (Å²) in [5.41, 5.74) is 2.00. The SMILES string of the molecule is Cc1cccc(NCC(=O)NC2CCS(=O)(=O)C2)c1. The molecule has 1 saturated heterocycles. The van der Waals surface area contributed by atoms with Gasteiger partial charge in [0, 0.05) is 11.7 Å². The molecule has 1 unspecified atom stereocenters. The van der Waals surface area contributed by atoms with Crippen LogP contribution in [0, 0.1) is 6.92 Å². The Bertz CT molecular complexity index is 569. The first-order chi connectivity index (χ1) is 8.94. The van der Waals surface area contributed by atoms with Crippen molar-refractivity contribution in [2.45, 2.75) is 19.4 Å². The number of carbonyl (C=O) groups is 1. The van der Waals surface area contributed by atoms with Crippen LogP contribution in [0.1, 0.15) is 12.0 Å². The Balaban J connectivity index is 1.79. The third kappa shape index (κ3) is 4.24. The zero-order valence-electron chi connectivity index (χ0n) is 10.8. The maximum Gasteiger partial charge on any atom is 0.239 e. The fourth-order valence-corrected chi connectivity index (χ4v) is 3.80. The van der Waals surface area contributed by atoms with Gasteiger partial charge in [0.05, 0.1) is 18.1 Å². The first kappa shape index (κ1) is 13.9. The molecule has 1 aromatic rings. The summed E-state index contributed by atoms with van der Waals surface area (Å²) in [7, 11) is -2.95. The number of aryl methyl sites for hydroxylation is 1. The number of rotatable bonds is 4. The van der Waals surface area contributed by atoms with Crippen LogP contribution in [-0.4, -0.2) is 38.4 Å². The highest BCUT2D eigenvalue weighted by Crippen LogP contribution is 2.11. The second kappa shape index (κ2) is 5.61. The molecule has 2 N–H and O–H groups in total. The molecule has 1 aliphatic rings. The maximum absolute atomic E-state index is 11.7. The Kier molecular flexibility index (Phi) is 4.09. The van der Waals surface area contributed by atoms with Crippen molar-refractivity contribution in [2.75, 3.05) is 23.4 Å². The molecule has 104 valence electrons. The average molecular weight is 282 g/mol. The van der Waals surface area contributed by atoms with E-state index in [1.54, 1.807) is 0 Å². The molecule has 0 bridgehead atoms. The highest BCUT2D eigenvalue weighted by Gasteiger charge is 2.28. The summed E-state index contributed by atoms with van der Waals surface area (Å²) in [5, 5.41) is 5.76. The molecule has 0 aromatic heterocycles. The van der Waals surface area contributed by atoms with Crippen molar-refractivity contribution >= 4 is 21.4 Å². The minimum absolute atomic E-state index is 0.0587. The van der Waals surface area contributed by atoms with Crippen LogP contribution in [-0.2, 0) is 14.6 Å². The minimum Gasteiger partial charge on any atom is -0.376 e. The van der Waals surface area contributed by atoms with Crippen LogP contribution in [0.25, 0.3) is 0 Å². The van der Waals surface area contributed by atoms with Gasteiger partial charge in [0.25, 0.3) is 0 Å². The number of amides is 1. The number of anilines is 1. The first-order valence-corrected chi connectivity index (χ1v) is 8.07. The standard InChI is InChI=1S/C13H18N2O3S/c1-10-3-2-4-11(7-10)14-8-13(16)15-12-5-6-19(17,18)9-12/h2-4,7,12,14H,5-6,8-9H2,1H3,(H,15,16). The van der Waals surface area contributed by atoms with Crippen LogP contribution in [0.5, 0.6) is 0 Å². The zero-order valence-corrected chi connectivity index (χ0v) is 11.7. The van der Waals surface area contributed by atoms with Gasteiger partial charge in [0.15, 0.2) is 9.84 Å². The Labute approximate surface area is 113 Å². The number of carbonyl (C=O) groups excluding carboxylic acids is 1. The molecule has 0 radical (unpaired) electrons. The van der Waals surface area contributed by atoms with Crippen molar-refractivity contribution in [3.8, 4) is 0 Å². The monoisotopic (exact) mass is 282 g/mol. The molecule has 0 aliphatic carbocycles. The van der Waals surface area contributed by atoms with E-state index < -0.39 is 9.84 Å². The van der Waals surface area contributed by atoms with Crippen molar-refractivity contribution in [1.29, 1.82) is 0 Å². The average Bonchev–Trinajstić information content (AvgIpc) is 2.66. The van der Waals surface area contributed by atoms with E-state index >= 15 is 0 Å². The molecule has 19 heavy (non-hydrogen) atoms. The summed E-state index contributed by atoms with van der Waals surface area (Å²) in [6.45, 7) is 2.13. The molecule has 5 nitrogen and oxygen atoms in total. The molecule has 1 amide bonds. The Hall–Kier alpha value is -1.56. The summed E-state index contributed by atoms with van der Waals surface area (Å²) >= 11 is 0. The fraction of sp³-hybridized carbons (Fsp3) is 0.462. The van der Waals surface area contributed by atoms with Gasteiger partial charge in [-0.15, -0.1) is 0 Å². The van der Waals surface area contributed by atoms with Crippen LogP contribution >= 0.6 is 0 Å². The van der Waals surface area contributed by atoms with Gasteiger partial charge in [0.1, 0.15) is 0 Å². The van der Waals surface area contributed by atoms with Crippen LogP contribution in [0.2, 0.25) is 0 Å². The molecule has 6 heteroatoms. The molecular weight excluding hydrogens is 264 g/mol. The lowest BCUT2D eigenvalue weighted by Crippen LogP contribution is -2.39. The van der Waals surface area contributed by atoms with Gasteiger partial charge >= 0.3 is 0 Å². The van der Waals surface area contributed by atoms with Crippen LogP contribution in [0.4, 0.5) is 5.69 Å². The molecular formula is C13H18N2O3S. The van der Waals surface area contributed by atoms with E-state index in [1.807, 2.05) is 31.2 Å². The van der Waals surface area contributed by atoms with E-state index in [9.17, 15) is 13.2 Å². The van der Waals surface area contributed by atoms with Crippen molar-refractivity contribution in [3.05, 3.63) is 29.8 Å². The second-order valence-electron chi connectivity index (χ2n) is 4.89. The van der Waals surface area contributed by atoms with Gasteiger partial charge < -0.3 is 10.6 Å². The molecule has 0 saturated carbocycles. The van der Waals surface area contributed by atoms with Crippen LogP contribution in [0.15, 0.2) is 24.3 Å². The molecule has 1 aromatic carbocycles. The Morgan fingerprint density at radius 2 is 2.21 bits per heavy atom. The van der Waals surface area contributed by atoms with Gasteiger partial charge in [0.2, 0.25) is 5.91 Å². The van der Waals surface area contributed by atoms with Gasteiger partial charge in [-0.1, -0.05) is 12.1 Å². The topological polar surface area (TPSA) is 75.3 Å². The number of hydrogen-bond donors (Lipinski definition) is 2. The summed E-state index contributed by atoms with van der Waals surface area (Å²) < 4.78 is 22.5. The lowest BCUT2D eigenvalue weighted by molar-refractivity contribution is -0.119. The third-order valence-corrected chi connectivity index (χ3v) is 4.84. The predicted octanol–water partition coefficient (Wildman–Crippen LogP) is 0.710. The van der Waals surface area contributed by atoms with Crippen molar-refractivity contribution in [3.63, 3.8) is 0 Å². The minimum atomic E-state index is -2.95. The molecule has 1 aliphatic heterocycles. The van der Waals surface area contributed by atoms with E-state index in [0.717, 1.165) is 11.3 Å². The predicted molar refractivity (Wildman–Crippen MR) is 74.9 cm³/mol. The van der Waals surface area contributed by atoms with Gasteiger partial charge in [-0.2, -0.15) is 0 Å². The fourth-order valence-electron chi connectivity index (χ4n) is 2.12. The lowest BCUT2D eigenvalue weighted by Gasteiger charge is -2.12. The molecule has 1 atom stereocenters. The van der Waals surface area contributed by atoms with Crippen LogP contribution < -0.4 is 10.6 Å². The summed E-state index contributed by atoms with van der Waals surface area (Å²) in [6.07, 6.45) is 0.512. The van der Waals surface area contributed by atoms with E-state index in [2.05, 4.69) is 10.6 Å². The molecule has 0 spiro atoms. The van der Waals surface area contributed by atoms with E-state index in [0.29, 0.717) is 6.42 Å². The normalized spacial score (nSPS) is 21.0. The van der Waals surface area contributed by atoms with Crippen LogP contribution in [0.3, 0.4) is 0 Å². The molecule has 1 fully saturated rings. The largest absolute Gasteiger partial charge is 0.376 e. The number of sulfone groups is 1. The third-order valence-electron chi connectivity index (χ3n) is 3.07. The highest BCUT2D eigenvalue weighted by molar-refractivity contribution is 7.91. The number of hydrogen-bond acceptors (Lipinski definition) is 4. The molecule has 1 heterocycles. The van der Waals surface area contributed by atoms with E-state index in [-0.39, 0.29) is 30.0 Å². The zero-order chi connectivity index (χ0) is 13.9. The lowest BCUT2D eigenvalue weighted by atomic mass is 10.2. The van der Waals surface area contributed by atoms with E-state index in [1.165, 1.54) is 0 Å². The highest BCUT2D eigenvalue weighted by atomic mass is 32.2. The Morgan fingerprint density at radius 3 is 2.84 bits per heavy atom. The van der Waals surface area contributed by atoms with E-state index in [4.69, 9.17) is 0 Å². The first-order valence-electron chi connectivity index (χ1n) is 6.25. The van der Waals surface area contributed by atoms with Gasteiger partial charge in [-0.05, 0) is 31.0 Å². The maximum atomic E-state index is 11.7. The summed E-state index contributed by atoms with van der Waals surface area (Å²) in [6, 6.07) is 7.50. The van der Waals surface area contributed by atoms with Crippen molar-refractivity contribution in [1.82, 2.24) is 5.32 Å². The summed E-state index contributed by atoms with van der Waals surface area (Å²) in [4.78, 5) is 11.7. The number of nitrogens with one attached hydrogen (secondary N) is 2. The van der Waals surface area contributed by atoms with Crippen molar-refractivity contribution in [2.24, 2.45) is 0 Å². The summed E-state index contributed by atoms with van der Waals surface area (Å²) in [5.74, 6) is 0.0514. The second-order valence-corrected chi connectivity index (χ2v) is 7.12.